The lowest BCUT2D eigenvalue weighted by Crippen LogP contribution is -2.37. The maximum absolute atomic E-state index is 12.2. The summed E-state index contributed by atoms with van der Waals surface area (Å²) in [6.07, 6.45) is 5.00. The Kier molecular flexibility index (Phi) is 4.22. The van der Waals surface area contributed by atoms with Crippen molar-refractivity contribution in [2.75, 3.05) is 29.4 Å². The predicted molar refractivity (Wildman–Crippen MR) is 92.7 cm³/mol. The van der Waals surface area contributed by atoms with E-state index < -0.39 is 0 Å². The van der Waals surface area contributed by atoms with Gasteiger partial charge in [0.15, 0.2) is 0 Å². The summed E-state index contributed by atoms with van der Waals surface area (Å²) in [5.74, 6) is 0. The largest absolute Gasteiger partial charge is 0.442 e. The van der Waals surface area contributed by atoms with Crippen LogP contribution < -0.4 is 9.80 Å². The Balaban J connectivity index is 1.42. The third-order valence-corrected chi connectivity index (χ3v) is 4.26. The monoisotopic (exact) mass is 355 g/mol. The molecule has 2 aromatic rings. The molecule has 1 saturated heterocycles. The number of rotatable bonds is 5. The predicted octanol–water partition coefficient (Wildman–Crippen LogP) is 0.525. The first-order chi connectivity index (χ1) is 12.7. The molecule has 0 saturated carbocycles. The molecule has 1 fully saturated rings. The molecule has 1 aromatic carbocycles. The minimum atomic E-state index is -0.371. The number of hydrazone groups is 1. The second-order valence-electron chi connectivity index (χ2n) is 5.95. The van der Waals surface area contributed by atoms with Gasteiger partial charge in [-0.2, -0.15) is 5.10 Å². The fourth-order valence-corrected chi connectivity index (χ4v) is 2.92. The van der Waals surface area contributed by atoms with Crippen molar-refractivity contribution in [3.63, 3.8) is 0 Å². The lowest BCUT2D eigenvalue weighted by Gasteiger charge is -2.26. The van der Waals surface area contributed by atoms with Gasteiger partial charge in [0, 0.05) is 24.1 Å². The summed E-state index contributed by atoms with van der Waals surface area (Å²) in [5, 5.41) is 13.0. The summed E-state index contributed by atoms with van der Waals surface area (Å²) in [6.45, 7) is 2.12. The SMILES string of the molecule is O=CN1CCN(c2ccc(N3C[C@H](Cn4ccnn4)OC3=O)cc2)C=N1. The molecule has 0 spiro atoms. The van der Waals surface area contributed by atoms with Crippen molar-refractivity contribution in [3.8, 4) is 0 Å². The average Bonchev–Trinajstić information content (AvgIpc) is 3.32. The smallest absolute Gasteiger partial charge is 0.414 e. The highest BCUT2D eigenvalue weighted by Crippen LogP contribution is 2.25. The minimum Gasteiger partial charge on any atom is -0.442 e. The van der Waals surface area contributed by atoms with E-state index in [4.69, 9.17) is 4.74 Å². The minimum absolute atomic E-state index is 0.271. The molecule has 10 heteroatoms. The van der Waals surface area contributed by atoms with Crippen molar-refractivity contribution >= 4 is 30.2 Å². The van der Waals surface area contributed by atoms with Gasteiger partial charge in [-0.25, -0.2) is 14.5 Å². The number of aromatic nitrogens is 3. The van der Waals surface area contributed by atoms with Crippen LogP contribution in [0.2, 0.25) is 0 Å². The molecule has 0 unspecified atom stereocenters. The second-order valence-corrected chi connectivity index (χ2v) is 5.95. The molecule has 1 aromatic heterocycles. The van der Waals surface area contributed by atoms with Crippen LogP contribution in [0.15, 0.2) is 41.8 Å². The van der Waals surface area contributed by atoms with Crippen molar-refractivity contribution in [1.82, 2.24) is 20.0 Å². The Morgan fingerprint density at radius 3 is 2.65 bits per heavy atom. The van der Waals surface area contributed by atoms with E-state index in [0.717, 1.165) is 11.4 Å². The Hall–Kier alpha value is -3.43. The van der Waals surface area contributed by atoms with Crippen LogP contribution in [0.1, 0.15) is 0 Å². The zero-order chi connectivity index (χ0) is 17.9. The molecule has 2 amide bonds. The zero-order valence-electron chi connectivity index (χ0n) is 13.9. The summed E-state index contributed by atoms with van der Waals surface area (Å²) < 4.78 is 7.04. The molecule has 26 heavy (non-hydrogen) atoms. The molecule has 2 aliphatic rings. The first-order valence-corrected chi connectivity index (χ1v) is 8.18. The first kappa shape index (κ1) is 16.1. The molecular weight excluding hydrogens is 338 g/mol. The van der Waals surface area contributed by atoms with Gasteiger partial charge in [0.25, 0.3) is 0 Å². The number of carbonyl (C=O) groups is 2. The van der Waals surface area contributed by atoms with Crippen LogP contribution in [0.25, 0.3) is 0 Å². The summed E-state index contributed by atoms with van der Waals surface area (Å²) in [5.41, 5.74) is 1.71. The second kappa shape index (κ2) is 6.82. The molecule has 3 heterocycles. The van der Waals surface area contributed by atoms with Crippen molar-refractivity contribution in [2.24, 2.45) is 5.10 Å². The van der Waals surface area contributed by atoms with Gasteiger partial charge in [-0.3, -0.25) is 9.69 Å². The number of ether oxygens (including phenoxy) is 1. The van der Waals surface area contributed by atoms with Crippen molar-refractivity contribution in [1.29, 1.82) is 0 Å². The van der Waals surface area contributed by atoms with Gasteiger partial charge < -0.3 is 9.64 Å². The van der Waals surface area contributed by atoms with Crippen LogP contribution in [0, 0.1) is 0 Å². The quantitative estimate of drug-likeness (QED) is 0.726. The van der Waals surface area contributed by atoms with Gasteiger partial charge in [-0.05, 0) is 24.3 Å². The van der Waals surface area contributed by atoms with Gasteiger partial charge >= 0.3 is 6.09 Å². The average molecular weight is 355 g/mol. The highest BCUT2D eigenvalue weighted by atomic mass is 16.6. The maximum atomic E-state index is 12.2. The lowest BCUT2D eigenvalue weighted by atomic mass is 10.2. The number of amides is 2. The number of benzene rings is 1. The van der Waals surface area contributed by atoms with Crippen LogP contribution in [0.3, 0.4) is 0 Å². The highest BCUT2D eigenvalue weighted by molar-refractivity contribution is 5.90. The molecular formula is C16H17N7O3. The summed E-state index contributed by atoms with van der Waals surface area (Å²) in [6, 6.07) is 7.56. The third-order valence-electron chi connectivity index (χ3n) is 4.26. The molecule has 2 aliphatic heterocycles. The Morgan fingerprint density at radius 2 is 2.00 bits per heavy atom. The van der Waals surface area contributed by atoms with Crippen LogP contribution in [-0.4, -0.2) is 64.6 Å². The van der Waals surface area contributed by atoms with E-state index in [-0.39, 0.29) is 12.2 Å². The molecule has 4 rings (SSSR count). The molecule has 0 radical (unpaired) electrons. The molecule has 1 atom stereocenters. The number of cyclic esters (lactones) is 1. The lowest BCUT2D eigenvalue weighted by molar-refractivity contribution is -0.118. The molecule has 0 N–H and O–H groups in total. The zero-order valence-corrected chi connectivity index (χ0v) is 13.9. The van der Waals surface area contributed by atoms with E-state index in [9.17, 15) is 9.59 Å². The molecule has 134 valence electrons. The highest BCUT2D eigenvalue weighted by Gasteiger charge is 2.32. The molecule has 0 aliphatic carbocycles. The summed E-state index contributed by atoms with van der Waals surface area (Å²) in [4.78, 5) is 26.4. The van der Waals surface area contributed by atoms with E-state index in [1.54, 1.807) is 28.3 Å². The van der Waals surface area contributed by atoms with Crippen molar-refractivity contribution in [2.45, 2.75) is 12.6 Å². The van der Waals surface area contributed by atoms with Crippen molar-refractivity contribution in [3.05, 3.63) is 36.7 Å². The van der Waals surface area contributed by atoms with Crippen LogP contribution in [0.4, 0.5) is 16.2 Å². The Morgan fingerprint density at radius 1 is 1.19 bits per heavy atom. The van der Waals surface area contributed by atoms with Gasteiger partial charge in [-0.15, -0.1) is 5.10 Å². The van der Waals surface area contributed by atoms with Gasteiger partial charge in [0.2, 0.25) is 6.41 Å². The number of hydrogen-bond acceptors (Lipinski definition) is 7. The Bertz CT molecular complexity index is 806. The fourth-order valence-electron chi connectivity index (χ4n) is 2.92. The standard InChI is InChI=1S/C16H17N7O3/c24-12-22-8-7-20(11-18-22)13-1-3-14(4-2-13)23-10-15(26-16(23)25)9-21-6-5-17-19-21/h1-6,11-12,15H,7-10H2/t15-/m0/s1. The first-order valence-electron chi connectivity index (χ1n) is 8.18. The van der Waals surface area contributed by atoms with E-state index in [0.29, 0.717) is 32.6 Å². The topological polar surface area (TPSA) is 96.2 Å². The maximum Gasteiger partial charge on any atom is 0.414 e. The van der Waals surface area contributed by atoms with E-state index in [1.165, 1.54) is 5.01 Å². The van der Waals surface area contributed by atoms with Crippen LogP contribution >= 0.6 is 0 Å². The number of carbonyl (C=O) groups excluding carboxylic acids is 2. The van der Waals surface area contributed by atoms with Crippen LogP contribution in [-0.2, 0) is 16.1 Å². The van der Waals surface area contributed by atoms with E-state index in [1.807, 2.05) is 29.2 Å². The van der Waals surface area contributed by atoms with Gasteiger partial charge in [0.05, 0.1) is 25.8 Å². The van der Waals surface area contributed by atoms with Crippen molar-refractivity contribution < 1.29 is 14.3 Å². The van der Waals surface area contributed by atoms with E-state index >= 15 is 0 Å². The van der Waals surface area contributed by atoms with E-state index in [2.05, 4.69) is 15.4 Å². The third kappa shape index (κ3) is 3.21. The fraction of sp³-hybridized carbons (Fsp3) is 0.312. The summed E-state index contributed by atoms with van der Waals surface area (Å²) in [7, 11) is 0. The van der Waals surface area contributed by atoms with Gasteiger partial charge in [0.1, 0.15) is 12.4 Å². The normalized spacial score (nSPS) is 19.8. The number of nitrogens with zero attached hydrogens (tertiary/aromatic N) is 7. The van der Waals surface area contributed by atoms with Gasteiger partial charge in [-0.1, -0.05) is 5.21 Å². The molecule has 10 nitrogen and oxygen atoms in total. The summed E-state index contributed by atoms with van der Waals surface area (Å²) >= 11 is 0. The van der Waals surface area contributed by atoms with Crippen LogP contribution in [0.5, 0.6) is 0 Å². The number of hydrogen-bond donors (Lipinski definition) is 0. The molecule has 0 bridgehead atoms. The number of anilines is 2. The Labute approximate surface area is 149 Å².